The summed E-state index contributed by atoms with van der Waals surface area (Å²) in [4.78, 5) is 0.141. The van der Waals surface area contributed by atoms with Crippen LogP contribution < -0.4 is 0 Å². The average molecular weight is 304 g/mol. The van der Waals surface area contributed by atoms with Crippen molar-refractivity contribution in [1.29, 1.82) is 0 Å². The number of allylic oxidation sites excluding steroid dienone is 1. The second-order valence-corrected chi connectivity index (χ2v) is 6.62. The lowest BCUT2D eigenvalue weighted by atomic mass is 10.2. The molecule has 0 fully saturated rings. The highest BCUT2D eigenvalue weighted by atomic mass is 35.5. The zero-order valence-corrected chi connectivity index (χ0v) is 12.4. The molecule has 106 valence electrons. The van der Waals surface area contributed by atoms with Gasteiger partial charge in [-0.3, -0.25) is 0 Å². The van der Waals surface area contributed by atoms with E-state index in [4.69, 9.17) is 16.7 Å². The van der Waals surface area contributed by atoms with Gasteiger partial charge in [-0.05, 0) is 36.6 Å². The van der Waals surface area contributed by atoms with Gasteiger partial charge < -0.3 is 5.11 Å². The number of halogens is 1. The molecule has 0 amide bonds. The number of sulfonamides is 1. The average Bonchev–Trinajstić information content (AvgIpc) is 2.39. The van der Waals surface area contributed by atoms with Crippen molar-refractivity contribution in [1.82, 2.24) is 4.31 Å². The number of hydrogen-bond acceptors (Lipinski definition) is 3. The predicted molar refractivity (Wildman–Crippen MR) is 76.6 cm³/mol. The van der Waals surface area contributed by atoms with Gasteiger partial charge in [0.1, 0.15) is 0 Å². The summed E-state index contributed by atoms with van der Waals surface area (Å²) in [7, 11) is -2.01. The molecule has 0 saturated carbocycles. The van der Waals surface area contributed by atoms with Crippen LogP contribution in [0.15, 0.2) is 35.7 Å². The quantitative estimate of drug-likeness (QED) is 0.621. The molecule has 4 nitrogen and oxygen atoms in total. The highest BCUT2D eigenvalue weighted by Crippen LogP contribution is 2.22. The molecular formula is C13H18ClNO3S. The normalized spacial score (nSPS) is 11.8. The molecule has 0 unspecified atom stereocenters. The molecule has 1 aromatic carbocycles. The number of benzene rings is 1. The molecule has 0 atom stereocenters. The first kappa shape index (κ1) is 16.2. The predicted octanol–water partition coefficient (Wildman–Crippen LogP) is 2.42. The third-order valence-corrected chi connectivity index (χ3v) is 5.00. The van der Waals surface area contributed by atoms with Crippen LogP contribution in [0.3, 0.4) is 0 Å². The lowest BCUT2D eigenvalue weighted by Crippen LogP contribution is -2.28. The van der Waals surface area contributed by atoms with Gasteiger partial charge in [0, 0.05) is 18.6 Å². The van der Waals surface area contributed by atoms with E-state index in [1.165, 1.54) is 29.6 Å². The number of hydrogen-bond donors (Lipinski definition) is 1. The molecule has 0 aliphatic carbocycles. The van der Waals surface area contributed by atoms with E-state index < -0.39 is 10.0 Å². The van der Waals surface area contributed by atoms with E-state index in [-0.39, 0.29) is 11.5 Å². The van der Waals surface area contributed by atoms with Crippen molar-refractivity contribution < 1.29 is 13.5 Å². The Bertz CT molecular complexity index is 543. The summed E-state index contributed by atoms with van der Waals surface area (Å²) in [5.41, 5.74) is 0.405. The molecule has 0 aliphatic heterocycles. The molecule has 0 saturated heterocycles. The van der Waals surface area contributed by atoms with Gasteiger partial charge in [0.15, 0.2) is 0 Å². The van der Waals surface area contributed by atoms with E-state index in [0.29, 0.717) is 17.1 Å². The summed E-state index contributed by atoms with van der Waals surface area (Å²) in [5.74, 6) is 0. The van der Waals surface area contributed by atoms with Gasteiger partial charge in [-0.2, -0.15) is 0 Å². The lowest BCUT2D eigenvalue weighted by molar-refractivity contribution is 0.281. The topological polar surface area (TPSA) is 57.6 Å². The number of aliphatic hydroxyl groups excluding tert-OH is 1. The zero-order chi connectivity index (χ0) is 14.5. The van der Waals surface area contributed by atoms with Crippen molar-refractivity contribution >= 4 is 21.6 Å². The molecular weight excluding hydrogens is 286 g/mol. The summed E-state index contributed by atoms with van der Waals surface area (Å²) in [6, 6.07) is 4.33. The first-order valence-corrected chi connectivity index (χ1v) is 7.71. The van der Waals surface area contributed by atoms with Gasteiger partial charge in [0.05, 0.1) is 11.5 Å². The van der Waals surface area contributed by atoms with Crippen LogP contribution in [0.25, 0.3) is 0 Å². The van der Waals surface area contributed by atoms with Crippen LogP contribution in [0.5, 0.6) is 0 Å². The van der Waals surface area contributed by atoms with Gasteiger partial charge in [0.25, 0.3) is 0 Å². The van der Waals surface area contributed by atoms with E-state index in [1.807, 2.05) is 0 Å². The standard InChI is InChI=1S/C13H18ClNO3S/c1-3-4-5-8-15(2)19(17,18)12-6-7-13(14)11(9-12)10-16/h3,6-7,9,16H,1,4-5,8,10H2,2H3. The third-order valence-electron chi connectivity index (χ3n) is 2.78. The summed E-state index contributed by atoms with van der Waals surface area (Å²) in [5, 5.41) is 9.47. The van der Waals surface area contributed by atoms with Gasteiger partial charge in [0.2, 0.25) is 10.0 Å². The van der Waals surface area contributed by atoms with Gasteiger partial charge in [-0.1, -0.05) is 17.7 Å². The maximum atomic E-state index is 12.3. The van der Waals surface area contributed by atoms with Crippen LogP contribution in [0.2, 0.25) is 5.02 Å². The van der Waals surface area contributed by atoms with Crippen LogP contribution >= 0.6 is 11.6 Å². The van der Waals surface area contributed by atoms with Crippen molar-refractivity contribution in [2.24, 2.45) is 0 Å². The van der Waals surface area contributed by atoms with Crippen molar-refractivity contribution in [2.75, 3.05) is 13.6 Å². The SMILES string of the molecule is C=CCCCN(C)S(=O)(=O)c1ccc(Cl)c(CO)c1. The first-order valence-electron chi connectivity index (χ1n) is 5.90. The maximum Gasteiger partial charge on any atom is 0.242 e. The number of aliphatic hydroxyl groups is 1. The van der Waals surface area contributed by atoms with Crippen LogP contribution in [0.1, 0.15) is 18.4 Å². The Balaban J connectivity index is 2.96. The minimum atomic E-state index is -3.54. The molecule has 1 N–H and O–H groups in total. The molecule has 0 aromatic heterocycles. The molecule has 0 aliphatic rings. The maximum absolute atomic E-state index is 12.3. The Hall–Kier alpha value is -0.880. The summed E-state index contributed by atoms with van der Waals surface area (Å²) in [6.07, 6.45) is 3.24. The molecule has 1 aromatic rings. The van der Waals surface area contributed by atoms with Crippen LogP contribution in [-0.2, 0) is 16.6 Å². The van der Waals surface area contributed by atoms with Crippen molar-refractivity contribution in [3.05, 3.63) is 41.4 Å². The monoisotopic (exact) mass is 303 g/mol. The minimum absolute atomic E-state index is 0.141. The lowest BCUT2D eigenvalue weighted by Gasteiger charge is -2.17. The first-order chi connectivity index (χ1) is 8.93. The Morgan fingerprint density at radius 1 is 1.47 bits per heavy atom. The van der Waals surface area contributed by atoms with E-state index in [0.717, 1.165) is 12.8 Å². The Labute approximate surface area is 119 Å². The van der Waals surface area contributed by atoms with Crippen molar-refractivity contribution in [3.63, 3.8) is 0 Å². The summed E-state index contributed by atoms with van der Waals surface area (Å²) >= 11 is 5.85. The molecule has 0 heterocycles. The fourth-order valence-electron chi connectivity index (χ4n) is 1.59. The van der Waals surface area contributed by atoms with E-state index in [2.05, 4.69) is 6.58 Å². The smallest absolute Gasteiger partial charge is 0.242 e. The molecule has 0 radical (unpaired) electrons. The Morgan fingerprint density at radius 3 is 2.74 bits per heavy atom. The van der Waals surface area contributed by atoms with Gasteiger partial charge in [-0.15, -0.1) is 6.58 Å². The molecule has 6 heteroatoms. The molecule has 0 spiro atoms. The summed E-state index contributed by atoms with van der Waals surface area (Å²) < 4.78 is 25.9. The fourth-order valence-corrected chi connectivity index (χ4v) is 3.03. The van der Waals surface area contributed by atoms with E-state index in [9.17, 15) is 8.42 Å². The van der Waals surface area contributed by atoms with E-state index in [1.54, 1.807) is 6.08 Å². The number of nitrogens with zero attached hydrogens (tertiary/aromatic N) is 1. The molecule has 1 rings (SSSR count). The zero-order valence-electron chi connectivity index (χ0n) is 10.8. The highest BCUT2D eigenvalue weighted by molar-refractivity contribution is 7.89. The Morgan fingerprint density at radius 2 is 2.16 bits per heavy atom. The van der Waals surface area contributed by atoms with Crippen LogP contribution in [-0.4, -0.2) is 31.4 Å². The van der Waals surface area contributed by atoms with Gasteiger partial charge in [-0.25, -0.2) is 12.7 Å². The molecule has 19 heavy (non-hydrogen) atoms. The molecule has 0 bridgehead atoms. The number of rotatable bonds is 7. The minimum Gasteiger partial charge on any atom is -0.392 e. The van der Waals surface area contributed by atoms with Crippen LogP contribution in [0, 0.1) is 0 Å². The summed E-state index contributed by atoms with van der Waals surface area (Å²) in [6.45, 7) is 3.73. The van der Waals surface area contributed by atoms with Crippen LogP contribution in [0.4, 0.5) is 0 Å². The van der Waals surface area contributed by atoms with Crippen molar-refractivity contribution in [2.45, 2.75) is 24.3 Å². The van der Waals surface area contributed by atoms with E-state index >= 15 is 0 Å². The highest BCUT2D eigenvalue weighted by Gasteiger charge is 2.21. The van der Waals surface area contributed by atoms with Crippen molar-refractivity contribution in [3.8, 4) is 0 Å². The second kappa shape index (κ2) is 7.05. The largest absolute Gasteiger partial charge is 0.392 e. The third kappa shape index (κ3) is 4.04. The van der Waals surface area contributed by atoms with Gasteiger partial charge >= 0.3 is 0 Å². The fraction of sp³-hybridized carbons (Fsp3) is 0.385. The number of unbranched alkanes of at least 4 members (excludes halogenated alkanes) is 1. The Kier molecular flexibility index (Phi) is 6.00. The second-order valence-electron chi connectivity index (χ2n) is 4.17.